The topological polar surface area (TPSA) is 55.4 Å². The highest BCUT2D eigenvalue weighted by molar-refractivity contribution is 7.93. The molecule has 0 heterocycles. The van der Waals surface area contributed by atoms with Crippen molar-refractivity contribution >= 4 is 38.9 Å². The van der Waals surface area contributed by atoms with E-state index in [1.807, 2.05) is 6.92 Å². The molecule has 0 unspecified atom stereocenters. The number of benzene rings is 1. The molecule has 1 N–H and O–H groups in total. The van der Waals surface area contributed by atoms with Crippen LogP contribution in [0.4, 0.5) is 5.69 Å². The molecule has 96 valence electrons. The first-order valence-electron chi connectivity index (χ1n) is 4.97. The highest BCUT2D eigenvalue weighted by Crippen LogP contribution is 2.28. The first-order valence-corrected chi connectivity index (χ1v) is 7.54. The third kappa shape index (κ3) is 4.61. The molecular weight excluding hydrogens is 285 g/mol. The van der Waals surface area contributed by atoms with Gasteiger partial charge >= 0.3 is 0 Å². The van der Waals surface area contributed by atoms with E-state index < -0.39 is 15.2 Å². The van der Waals surface area contributed by atoms with Gasteiger partial charge in [0.2, 0.25) is 10.0 Å². The Hall–Kier alpha value is -0.650. The van der Waals surface area contributed by atoms with E-state index in [1.165, 1.54) is 6.07 Å². The van der Waals surface area contributed by atoms with Crippen molar-refractivity contribution < 1.29 is 13.2 Å². The van der Waals surface area contributed by atoms with E-state index in [1.54, 1.807) is 12.1 Å². The SMILES string of the molecule is CCCOc1ccc(NS(=O)(=O)CCl)cc1Cl. The average Bonchev–Trinajstić information content (AvgIpc) is 2.27. The Morgan fingerprint density at radius 3 is 2.65 bits per heavy atom. The first-order chi connectivity index (χ1) is 7.98. The van der Waals surface area contributed by atoms with Crippen LogP contribution < -0.4 is 9.46 Å². The van der Waals surface area contributed by atoms with Crippen LogP contribution in [-0.2, 0) is 10.0 Å². The van der Waals surface area contributed by atoms with E-state index >= 15 is 0 Å². The number of ether oxygens (including phenoxy) is 1. The zero-order valence-corrected chi connectivity index (χ0v) is 11.6. The third-order valence-corrected chi connectivity index (χ3v) is 3.80. The number of anilines is 1. The highest BCUT2D eigenvalue weighted by atomic mass is 35.5. The molecule has 4 nitrogen and oxygen atoms in total. The standard InChI is InChI=1S/C10H13Cl2NO3S/c1-2-5-16-10-4-3-8(6-9(10)12)13-17(14,15)7-11/h3-4,6,13H,2,5,7H2,1H3. The predicted octanol–water partition coefficient (Wildman–Crippen LogP) is 3.07. The van der Waals surface area contributed by atoms with E-state index in [9.17, 15) is 8.42 Å². The lowest BCUT2D eigenvalue weighted by atomic mass is 10.3. The van der Waals surface area contributed by atoms with E-state index in [4.69, 9.17) is 27.9 Å². The number of halogens is 2. The molecule has 1 aromatic carbocycles. The molecule has 0 amide bonds. The average molecular weight is 298 g/mol. The van der Waals surface area contributed by atoms with Crippen molar-refractivity contribution in [1.82, 2.24) is 0 Å². The Balaban J connectivity index is 2.82. The van der Waals surface area contributed by atoms with Crippen LogP contribution in [0.15, 0.2) is 18.2 Å². The van der Waals surface area contributed by atoms with Crippen LogP contribution >= 0.6 is 23.2 Å². The fraction of sp³-hybridized carbons (Fsp3) is 0.400. The lowest BCUT2D eigenvalue weighted by Crippen LogP contribution is -2.13. The van der Waals surface area contributed by atoms with Crippen LogP contribution in [0.2, 0.25) is 5.02 Å². The van der Waals surface area contributed by atoms with Crippen molar-refractivity contribution in [3.8, 4) is 5.75 Å². The summed E-state index contributed by atoms with van der Waals surface area (Å²) in [6, 6.07) is 4.67. The van der Waals surface area contributed by atoms with Gasteiger partial charge in [0.05, 0.1) is 17.3 Å². The van der Waals surface area contributed by atoms with E-state index in [2.05, 4.69) is 4.72 Å². The summed E-state index contributed by atoms with van der Waals surface area (Å²) in [5.74, 6) is 0.530. The van der Waals surface area contributed by atoms with Crippen molar-refractivity contribution in [2.75, 3.05) is 16.5 Å². The Kier molecular flexibility index (Phi) is 5.36. The van der Waals surface area contributed by atoms with Crippen LogP contribution in [0.5, 0.6) is 5.75 Å². The van der Waals surface area contributed by atoms with Crippen molar-refractivity contribution in [2.45, 2.75) is 13.3 Å². The second-order valence-electron chi connectivity index (χ2n) is 3.32. The van der Waals surface area contributed by atoms with Gasteiger partial charge in [-0.2, -0.15) is 0 Å². The van der Waals surface area contributed by atoms with Gasteiger partial charge in [0.1, 0.15) is 11.0 Å². The normalized spacial score (nSPS) is 11.2. The molecule has 7 heteroatoms. The molecule has 0 aliphatic rings. The minimum Gasteiger partial charge on any atom is -0.492 e. The van der Waals surface area contributed by atoms with Gasteiger partial charge in [-0.05, 0) is 24.6 Å². The van der Waals surface area contributed by atoms with Crippen LogP contribution in [0.1, 0.15) is 13.3 Å². The van der Waals surface area contributed by atoms with E-state index in [-0.39, 0.29) is 0 Å². The molecule has 0 spiro atoms. The van der Waals surface area contributed by atoms with E-state index in [0.717, 1.165) is 6.42 Å². The molecule has 1 aromatic rings. The number of nitrogens with one attached hydrogen (secondary N) is 1. The Labute approximate surface area is 111 Å². The zero-order chi connectivity index (χ0) is 12.9. The zero-order valence-electron chi connectivity index (χ0n) is 9.24. The van der Waals surface area contributed by atoms with Gasteiger partial charge in [0, 0.05) is 0 Å². The number of hydrogen-bond donors (Lipinski definition) is 1. The lowest BCUT2D eigenvalue weighted by molar-refractivity contribution is 0.317. The molecule has 0 atom stereocenters. The molecule has 0 aromatic heterocycles. The van der Waals surface area contributed by atoms with Crippen molar-refractivity contribution in [3.63, 3.8) is 0 Å². The van der Waals surface area contributed by atoms with Crippen LogP contribution in [0.25, 0.3) is 0 Å². The number of sulfonamides is 1. The maximum Gasteiger partial charge on any atom is 0.246 e. The summed E-state index contributed by atoms with van der Waals surface area (Å²) in [5.41, 5.74) is 0.361. The molecule has 17 heavy (non-hydrogen) atoms. The van der Waals surface area contributed by atoms with Crippen molar-refractivity contribution in [1.29, 1.82) is 0 Å². The molecule has 0 radical (unpaired) electrons. The molecule has 0 saturated carbocycles. The van der Waals surface area contributed by atoms with Crippen molar-refractivity contribution in [3.05, 3.63) is 23.2 Å². The van der Waals surface area contributed by atoms with Gasteiger partial charge in [-0.1, -0.05) is 18.5 Å². The fourth-order valence-corrected chi connectivity index (χ4v) is 2.04. The molecule has 0 fully saturated rings. The predicted molar refractivity (Wildman–Crippen MR) is 70.5 cm³/mol. The Bertz CT molecular complexity index is 476. The summed E-state index contributed by atoms with van der Waals surface area (Å²) in [6.45, 7) is 2.54. The molecular formula is C10H13Cl2NO3S. The van der Waals surface area contributed by atoms with Gasteiger partial charge in [0.15, 0.2) is 0 Å². The second-order valence-corrected chi connectivity index (χ2v) is 6.03. The number of alkyl halides is 1. The Morgan fingerprint density at radius 2 is 2.12 bits per heavy atom. The maximum atomic E-state index is 11.2. The van der Waals surface area contributed by atoms with Gasteiger partial charge in [0.25, 0.3) is 0 Å². The summed E-state index contributed by atoms with van der Waals surface area (Å²) in [6.07, 6.45) is 0.872. The minimum atomic E-state index is -3.50. The lowest BCUT2D eigenvalue weighted by Gasteiger charge is -2.09. The monoisotopic (exact) mass is 297 g/mol. The summed E-state index contributed by atoms with van der Waals surface area (Å²) in [4.78, 5) is 0. The maximum absolute atomic E-state index is 11.2. The molecule has 0 aliphatic carbocycles. The van der Waals surface area contributed by atoms with Crippen LogP contribution in [0.3, 0.4) is 0 Å². The third-order valence-electron chi connectivity index (χ3n) is 1.81. The fourth-order valence-electron chi connectivity index (χ4n) is 1.10. The van der Waals surface area contributed by atoms with Crippen LogP contribution in [0, 0.1) is 0 Å². The molecule has 0 bridgehead atoms. The first kappa shape index (κ1) is 14.4. The smallest absolute Gasteiger partial charge is 0.246 e. The second kappa shape index (κ2) is 6.33. The Morgan fingerprint density at radius 1 is 1.41 bits per heavy atom. The number of rotatable bonds is 6. The van der Waals surface area contributed by atoms with Crippen molar-refractivity contribution in [2.24, 2.45) is 0 Å². The molecule has 0 aliphatic heterocycles. The molecule has 0 saturated heterocycles. The molecule has 1 rings (SSSR count). The quantitative estimate of drug-likeness (QED) is 0.821. The van der Waals surface area contributed by atoms with Gasteiger partial charge in [-0.15, -0.1) is 11.6 Å². The van der Waals surface area contributed by atoms with Gasteiger partial charge < -0.3 is 4.74 Å². The van der Waals surface area contributed by atoms with Crippen LogP contribution in [-0.4, -0.2) is 20.2 Å². The van der Waals surface area contributed by atoms with Gasteiger partial charge in [-0.25, -0.2) is 8.42 Å². The minimum absolute atomic E-state index is 0.355. The van der Waals surface area contributed by atoms with E-state index in [0.29, 0.717) is 23.1 Å². The summed E-state index contributed by atoms with van der Waals surface area (Å²) in [7, 11) is -3.50. The summed E-state index contributed by atoms with van der Waals surface area (Å²) in [5, 5.41) is -0.146. The largest absolute Gasteiger partial charge is 0.492 e. The van der Waals surface area contributed by atoms with Gasteiger partial charge in [-0.3, -0.25) is 4.72 Å². The summed E-state index contributed by atoms with van der Waals surface area (Å²) >= 11 is 11.2. The summed E-state index contributed by atoms with van der Waals surface area (Å²) < 4.78 is 30.1. The highest BCUT2D eigenvalue weighted by Gasteiger charge is 2.09. The number of hydrogen-bond acceptors (Lipinski definition) is 3.